The lowest BCUT2D eigenvalue weighted by atomic mass is 10.2. The van der Waals surface area contributed by atoms with Gasteiger partial charge < -0.3 is 9.47 Å². The van der Waals surface area contributed by atoms with Crippen LogP contribution in [0.4, 0.5) is 0 Å². The number of ether oxygens (including phenoxy) is 2. The highest BCUT2D eigenvalue weighted by atomic mass is 35.5. The van der Waals surface area contributed by atoms with Gasteiger partial charge in [-0.15, -0.1) is 0 Å². The molecule has 1 saturated heterocycles. The SMILES string of the molecule is O=C1CSC(=S)N1Cc1cc2c(cc1Cl)OCO2. The van der Waals surface area contributed by atoms with Gasteiger partial charge in [-0.1, -0.05) is 35.6 Å². The van der Waals surface area contributed by atoms with E-state index in [0.717, 1.165) is 5.56 Å². The fraction of sp³-hybridized carbons (Fsp3) is 0.273. The number of halogens is 1. The van der Waals surface area contributed by atoms with E-state index in [0.29, 0.717) is 33.1 Å². The highest BCUT2D eigenvalue weighted by molar-refractivity contribution is 8.23. The number of fused-ring (bicyclic) bond motifs is 1. The Morgan fingerprint density at radius 3 is 2.78 bits per heavy atom. The summed E-state index contributed by atoms with van der Waals surface area (Å²) in [6.07, 6.45) is 0. The van der Waals surface area contributed by atoms with Crippen molar-refractivity contribution in [2.45, 2.75) is 6.54 Å². The number of benzene rings is 1. The summed E-state index contributed by atoms with van der Waals surface area (Å²) in [4.78, 5) is 13.2. The van der Waals surface area contributed by atoms with E-state index < -0.39 is 0 Å². The Hall–Kier alpha value is -0.980. The number of carbonyl (C=O) groups excluding carboxylic acids is 1. The molecule has 1 amide bonds. The standard InChI is InChI=1S/C11H8ClNO3S2/c12-7-2-9-8(15-5-16-9)1-6(7)3-13-10(14)4-18-11(13)17/h1-2H,3-5H2. The number of thiocarbonyl (C=S) groups is 1. The predicted molar refractivity (Wildman–Crippen MR) is 73.2 cm³/mol. The van der Waals surface area contributed by atoms with Crippen LogP contribution in [0.3, 0.4) is 0 Å². The molecule has 2 aliphatic rings. The third kappa shape index (κ3) is 2.04. The average Bonchev–Trinajstić information content (AvgIpc) is 2.90. The maximum Gasteiger partial charge on any atom is 0.238 e. The van der Waals surface area contributed by atoms with Gasteiger partial charge in [0.25, 0.3) is 0 Å². The van der Waals surface area contributed by atoms with Crippen molar-refractivity contribution in [1.29, 1.82) is 0 Å². The molecule has 0 bridgehead atoms. The first kappa shape index (κ1) is 12.1. The molecular weight excluding hydrogens is 294 g/mol. The summed E-state index contributed by atoms with van der Waals surface area (Å²) in [6.45, 7) is 0.576. The van der Waals surface area contributed by atoms with Crippen LogP contribution < -0.4 is 9.47 Å². The lowest BCUT2D eigenvalue weighted by molar-refractivity contribution is -0.124. The third-order valence-electron chi connectivity index (χ3n) is 2.71. The Kier molecular flexibility index (Phi) is 3.09. The fourth-order valence-electron chi connectivity index (χ4n) is 1.78. The molecule has 0 atom stereocenters. The summed E-state index contributed by atoms with van der Waals surface area (Å²) < 4.78 is 11.1. The van der Waals surface area contributed by atoms with Crippen LogP contribution in [0.2, 0.25) is 5.02 Å². The van der Waals surface area contributed by atoms with Gasteiger partial charge in [0.1, 0.15) is 4.32 Å². The molecule has 0 aromatic heterocycles. The Morgan fingerprint density at radius 1 is 1.39 bits per heavy atom. The minimum absolute atomic E-state index is 0.0127. The molecule has 2 aliphatic heterocycles. The molecule has 0 spiro atoms. The van der Waals surface area contributed by atoms with Crippen molar-refractivity contribution < 1.29 is 14.3 Å². The normalized spacial score (nSPS) is 17.7. The number of hydrogen-bond donors (Lipinski definition) is 0. The highest BCUT2D eigenvalue weighted by Crippen LogP contribution is 2.37. The summed E-state index contributed by atoms with van der Waals surface area (Å²) in [6, 6.07) is 3.50. The summed E-state index contributed by atoms with van der Waals surface area (Å²) in [5.41, 5.74) is 0.805. The second-order valence-electron chi connectivity index (χ2n) is 3.83. The summed E-state index contributed by atoms with van der Waals surface area (Å²) in [5.74, 6) is 1.70. The van der Waals surface area contributed by atoms with Gasteiger partial charge in [0.05, 0.1) is 12.3 Å². The van der Waals surface area contributed by atoms with Crippen molar-refractivity contribution >= 4 is 45.8 Å². The van der Waals surface area contributed by atoms with E-state index in [-0.39, 0.29) is 12.7 Å². The number of rotatable bonds is 2. The van der Waals surface area contributed by atoms with Crippen LogP contribution in [-0.4, -0.2) is 27.7 Å². The van der Waals surface area contributed by atoms with Crippen molar-refractivity contribution in [2.75, 3.05) is 12.5 Å². The molecule has 1 fully saturated rings. The van der Waals surface area contributed by atoms with Crippen LogP contribution in [0.25, 0.3) is 0 Å². The minimum atomic E-state index is 0.0127. The Balaban J connectivity index is 1.89. The largest absolute Gasteiger partial charge is 0.454 e. The predicted octanol–water partition coefficient (Wildman–Crippen LogP) is 2.43. The number of amides is 1. The van der Waals surface area contributed by atoms with Crippen molar-refractivity contribution in [3.63, 3.8) is 0 Å². The highest BCUT2D eigenvalue weighted by Gasteiger charge is 2.28. The average molecular weight is 302 g/mol. The van der Waals surface area contributed by atoms with E-state index in [2.05, 4.69) is 0 Å². The Morgan fingerprint density at radius 2 is 2.11 bits per heavy atom. The van der Waals surface area contributed by atoms with E-state index >= 15 is 0 Å². The molecule has 0 unspecified atom stereocenters. The molecule has 18 heavy (non-hydrogen) atoms. The summed E-state index contributed by atoms with van der Waals surface area (Å²) in [7, 11) is 0. The zero-order valence-electron chi connectivity index (χ0n) is 9.14. The lowest BCUT2D eigenvalue weighted by Gasteiger charge is -2.16. The smallest absolute Gasteiger partial charge is 0.238 e. The molecule has 2 heterocycles. The molecule has 94 valence electrons. The van der Waals surface area contributed by atoms with E-state index in [9.17, 15) is 4.79 Å². The fourth-order valence-corrected chi connectivity index (χ4v) is 3.07. The van der Waals surface area contributed by atoms with Gasteiger partial charge in [0.2, 0.25) is 12.7 Å². The first-order valence-corrected chi connectivity index (χ1v) is 6.97. The second-order valence-corrected chi connectivity index (χ2v) is 5.85. The van der Waals surface area contributed by atoms with Crippen LogP contribution in [0, 0.1) is 0 Å². The van der Waals surface area contributed by atoms with Crippen LogP contribution >= 0.6 is 35.6 Å². The maximum absolute atomic E-state index is 11.7. The third-order valence-corrected chi connectivity index (χ3v) is 4.50. The van der Waals surface area contributed by atoms with E-state index in [1.807, 2.05) is 0 Å². The summed E-state index contributed by atoms with van der Waals surface area (Å²) >= 11 is 12.7. The van der Waals surface area contributed by atoms with Crippen LogP contribution in [0.15, 0.2) is 12.1 Å². The van der Waals surface area contributed by atoms with Crippen molar-refractivity contribution in [3.05, 3.63) is 22.7 Å². The number of thioether (sulfide) groups is 1. The Bertz CT molecular complexity index is 533. The minimum Gasteiger partial charge on any atom is -0.454 e. The van der Waals surface area contributed by atoms with E-state index in [4.69, 9.17) is 33.3 Å². The van der Waals surface area contributed by atoms with Gasteiger partial charge in [-0.2, -0.15) is 0 Å². The number of nitrogens with zero attached hydrogens (tertiary/aromatic N) is 1. The van der Waals surface area contributed by atoms with Gasteiger partial charge in [-0.05, 0) is 11.6 Å². The quantitative estimate of drug-likeness (QED) is 0.785. The molecule has 0 radical (unpaired) electrons. The van der Waals surface area contributed by atoms with Crippen LogP contribution in [-0.2, 0) is 11.3 Å². The van der Waals surface area contributed by atoms with Gasteiger partial charge in [0.15, 0.2) is 11.5 Å². The lowest BCUT2D eigenvalue weighted by Crippen LogP contribution is -2.27. The Labute approximate surface area is 118 Å². The molecule has 0 aliphatic carbocycles. The molecule has 0 saturated carbocycles. The summed E-state index contributed by atoms with van der Waals surface area (Å²) in [5, 5.41) is 0.548. The van der Waals surface area contributed by atoms with E-state index in [1.54, 1.807) is 17.0 Å². The zero-order valence-corrected chi connectivity index (χ0v) is 11.5. The monoisotopic (exact) mass is 301 g/mol. The zero-order chi connectivity index (χ0) is 12.7. The van der Waals surface area contributed by atoms with Crippen LogP contribution in [0.5, 0.6) is 11.5 Å². The maximum atomic E-state index is 11.7. The molecule has 0 N–H and O–H groups in total. The van der Waals surface area contributed by atoms with Crippen molar-refractivity contribution in [2.24, 2.45) is 0 Å². The van der Waals surface area contributed by atoms with Crippen LogP contribution in [0.1, 0.15) is 5.56 Å². The van der Waals surface area contributed by atoms with Gasteiger partial charge in [-0.25, -0.2) is 0 Å². The first-order chi connectivity index (χ1) is 8.65. The number of carbonyl (C=O) groups is 1. The number of hydrogen-bond acceptors (Lipinski definition) is 5. The molecule has 1 aromatic carbocycles. The van der Waals surface area contributed by atoms with Crippen molar-refractivity contribution in [1.82, 2.24) is 4.90 Å². The van der Waals surface area contributed by atoms with Gasteiger partial charge in [0, 0.05) is 11.1 Å². The molecule has 4 nitrogen and oxygen atoms in total. The van der Waals surface area contributed by atoms with Gasteiger partial charge in [-0.3, -0.25) is 9.69 Å². The molecule has 3 rings (SSSR count). The molecule has 7 heteroatoms. The first-order valence-electron chi connectivity index (χ1n) is 5.20. The molecular formula is C11H8ClNO3S2. The van der Waals surface area contributed by atoms with E-state index in [1.165, 1.54) is 11.8 Å². The van der Waals surface area contributed by atoms with Crippen molar-refractivity contribution in [3.8, 4) is 11.5 Å². The van der Waals surface area contributed by atoms with Gasteiger partial charge >= 0.3 is 0 Å². The molecule has 1 aromatic rings. The second kappa shape index (κ2) is 4.60. The topological polar surface area (TPSA) is 38.8 Å².